The smallest absolute Gasteiger partial charge is 0.328 e. The van der Waals surface area contributed by atoms with Crippen LogP contribution in [0.3, 0.4) is 0 Å². The zero-order valence-corrected chi connectivity index (χ0v) is 13.2. The minimum atomic E-state index is -0.898. The van der Waals surface area contributed by atoms with E-state index in [1.54, 1.807) is 12.1 Å². The van der Waals surface area contributed by atoms with Gasteiger partial charge >= 0.3 is 6.03 Å². The second-order valence-corrected chi connectivity index (χ2v) is 4.97. The SMILES string of the molecule is CCN(CC)c1ccc(C=C2C(=O)NC(=O)NC2=O)cc1[N+](=O)[O-]. The predicted octanol–water partition coefficient (Wildman–Crippen LogP) is 1.19. The molecule has 0 radical (unpaired) electrons. The van der Waals surface area contributed by atoms with Crippen LogP contribution in [0.1, 0.15) is 19.4 Å². The normalized spacial score (nSPS) is 14.1. The maximum Gasteiger partial charge on any atom is 0.328 e. The van der Waals surface area contributed by atoms with Crippen LogP contribution in [0.2, 0.25) is 0 Å². The Hall–Kier alpha value is -3.23. The van der Waals surface area contributed by atoms with E-state index in [9.17, 15) is 24.5 Å². The Morgan fingerprint density at radius 2 is 1.71 bits per heavy atom. The van der Waals surface area contributed by atoms with E-state index in [-0.39, 0.29) is 11.3 Å². The van der Waals surface area contributed by atoms with E-state index in [4.69, 9.17) is 0 Å². The van der Waals surface area contributed by atoms with Crippen molar-refractivity contribution >= 4 is 35.3 Å². The van der Waals surface area contributed by atoms with Crippen LogP contribution in [0.5, 0.6) is 0 Å². The first-order valence-corrected chi connectivity index (χ1v) is 7.29. The van der Waals surface area contributed by atoms with Crippen molar-refractivity contribution in [2.24, 2.45) is 0 Å². The number of nitro groups is 1. The van der Waals surface area contributed by atoms with Gasteiger partial charge in [-0.3, -0.25) is 30.3 Å². The van der Waals surface area contributed by atoms with Crippen LogP contribution in [0.15, 0.2) is 23.8 Å². The Labute approximate surface area is 137 Å². The molecule has 1 heterocycles. The second kappa shape index (κ2) is 6.90. The van der Waals surface area contributed by atoms with Crippen LogP contribution in [0, 0.1) is 10.1 Å². The summed E-state index contributed by atoms with van der Waals surface area (Å²) in [5, 5.41) is 15.2. The zero-order chi connectivity index (χ0) is 17.9. The van der Waals surface area contributed by atoms with E-state index >= 15 is 0 Å². The van der Waals surface area contributed by atoms with E-state index in [0.29, 0.717) is 24.3 Å². The van der Waals surface area contributed by atoms with Gasteiger partial charge < -0.3 is 4.90 Å². The molecule has 4 amide bonds. The minimum Gasteiger partial charge on any atom is -0.367 e. The van der Waals surface area contributed by atoms with Gasteiger partial charge in [-0.05, 0) is 31.6 Å². The Balaban J connectivity index is 2.45. The first-order chi connectivity index (χ1) is 11.4. The summed E-state index contributed by atoms with van der Waals surface area (Å²) in [7, 11) is 0. The summed E-state index contributed by atoms with van der Waals surface area (Å²) in [5.41, 5.74) is 0.354. The molecule has 0 aliphatic carbocycles. The molecular formula is C15H16N4O5. The Kier molecular flexibility index (Phi) is 4.93. The zero-order valence-electron chi connectivity index (χ0n) is 13.2. The third kappa shape index (κ3) is 3.40. The summed E-state index contributed by atoms with van der Waals surface area (Å²) >= 11 is 0. The van der Waals surface area contributed by atoms with Crippen LogP contribution < -0.4 is 15.5 Å². The molecule has 0 spiro atoms. The number of imide groups is 2. The standard InChI is InChI=1S/C15H16N4O5/c1-3-18(4-2)11-6-5-9(8-12(11)19(23)24)7-10-13(20)16-15(22)17-14(10)21/h5-8H,3-4H2,1-2H3,(H2,16,17,20,21,22). The van der Waals surface area contributed by atoms with Gasteiger partial charge in [-0.15, -0.1) is 0 Å². The summed E-state index contributed by atoms with van der Waals surface area (Å²) in [6, 6.07) is 3.54. The number of carbonyl (C=O) groups is 3. The number of hydrogen-bond donors (Lipinski definition) is 2. The van der Waals surface area contributed by atoms with Gasteiger partial charge in [-0.2, -0.15) is 0 Å². The minimum absolute atomic E-state index is 0.124. The van der Waals surface area contributed by atoms with E-state index in [1.807, 2.05) is 29.4 Å². The summed E-state index contributed by atoms with van der Waals surface area (Å²) in [5.74, 6) is -1.70. The van der Waals surface area contributed by atoms with Crippen molar-refractivity contribution in [2.45, 2.75) is 13.8 Å². The molecule has 9 nitrogen and oxygen atoms in total. The monoisotopic (exact) mass is 332 g/mol. The number of benzene rings is 1. The fraction of sp³-hybridized carbons (Fsp3) is 0.267. The molecular weight excluding hydrogens is 316 g/mol. The molecule has 1 aliphatic heterocycles. The molecule has 2 rings (SSSR count). The van der Waals surface area contributed by atoms with Crippen molar-refractivity contribution < 1.29 is 19.3 Å². The predicted molar refractivity (Wildman–Crippen MR) is 86.3 cm³/mol. The van der Waals surface area contributed by atoms with E-state index in [2.05, 4.69) is 0 Å². The number of nitrogens with zero attached hydrogens (tertiary/aromatic N) is 2. The molecule has 126 valence electrons. The van der Waals surface area contributed by atoms with Crippen molar-refractivity contribution in [1.29, 1.82) is 0 Å². The maximum absolute atomic E-state index is 11.7. The Bertz CT molecular complexity index is 730. The number of rotatable bonds is 5. The molecule has 1 aliphatic rings. The van der Waals surface area contributed by atoms with Crippen LogP contribution in [0.25, 0.3) is 6.08 Å². The lowest BCUT2D eigenvalue weighted by atomic mass is 10.1. The number of nitrogens with one attached hydrogen (secondary N) is 2. The number of nitro benzene ring substituents is 1. The van der Waals surface area contributed by atoms with Crippen LogP contribution >= 0.6 is 0 Å². The largest absolute Gasteiger partial charge is 0.367 e. The molecule has 0 unspecified atom stereocenters. The van der Waals surface area contributed by atoms with Gasteiger partial charge in [0.05, 0.1) is 4.92 Å². The highest BCUT2D eigenvalue weighted by Crippen LogP contribution is 2.30. The van der Waals surface area contributed by atoms with Gasteiger partial charge in [-0.1, -0.05) is 6.07 Å². The highest BCUT2D eigenvalue weighted by molar-refractivity contribution is 6.31. The van der Waals surface area contributed by atoms with E-state index in [0.717, 1.165) is 0 Å². The summed E-state index contributed by atoms with van der Waals surface area (Å²) in [6.07, 6.45) is 1.20. The van der Waals surface area contributed by atoms with E-state index in [1.165, 1.54) is 12.1 Å². The van der Waals surface area contributed by atoms with Gasteiger partial charge in [0.25, 0.3) is 17.5 Å². The maximum atomic E-state index is 11.7. The fourth-order valence-corrected chi connectivity index (χ4v) is 2.38. The average molecular weight is 332 g/mol. The molecule has 1 aromatic rings. The van der Waals surface area contributed by atoms with Crippen LogP contribution in [-0.2, 0) is 9.59 Å². The second-order valence-electron chi connectivity index (χ2n) is 4.97. The highest BCUT2D eigenvalue weighted by atomic mass is 16.6. The first kappa shape index (κ1) is 17.1. The average Bonchev–Trinajstić information content (AvgIpc) is 2.52. The van der Waals surface area contributed by atoms with Crippen LogP contribution in [0.4, 0.5) is 16.2 Å². The molecule has 1 saturated heterocycles. The van der Waals surface area contributed by atoms with Crippen molar-refractivity contribution in [1.82, 2.24) is 10.6 Å². The van der Waals surface area contributed by atoms with Crippen LogP contribution in [-0.4, -0.2) is 35.9 Å². The fourth-order valence-electron chi connectivity index (χ4n) is 2.38. The number of amides is 4. The molecule has 1 fully saturated rings. The van der Waals surface area contributed by atoms with Crippen molar-refractivity contribution in [3.8, 4) is 0 Å². The van der Waals surface area contributed by atoms with Crippen molar-refractivity contribution in [3.05, 3.63) is 39.4 Å². The number of urea groups is 1. The molecule has 24 heavy (non-hydrogen) atoms. The van der Waals surface area contributed by atoms with Crippen molar-refractivity contribution in [3.63, 3.8) is 0 Å². The van der Waals surface area contributed by atoms with Gasteiger partial charge in [0.2, 0.25) is 0 Å². The molecule has 1 aromatic carbocycles. The summed E-state index contributed by atoms with van der Waals surface area (Å²) in [4.78, 5) is 47.1. The molecule has 0 bridgehead atoms. The van der Waals surface area contributed by atoms with Gasteiger partial charge in [0.15, 0.2) is 0 Å². The molecule has 0 atom stereocenters. The van der Waals surface area contributed by atoms with Gasteiger partial charge in [0.1, 0.15) is 11.3 Å². The Morgan fingerprint density at radius 3 is 2.21 bits per heavy atom. The highest BCUT2D eigenvalue weighted by Gasteiger charge is 2.28. The lowest BCUT2D eigenvalue weighted by Gasteiger charge is -2.21. The molecule has 2 N–H and O–H groups in total. The van der Waals surface area contributed by atoms with Gasteiger partial charge in [-0.25, -0.2) is 4.79 Å². The summed E-state index contributed by atoms with van der Waals surface area (Å²) in [6.45, 7) is 4.98. The quantitative estimate of drug-likeness (QED) is 0.361. The number of carbonyl (C=O) groups excluding carboxylic acids is 3. The van der Waals surface area contributed by atoms with Crippen molar-refractivity contribution in [2.75, 3.05) is 18.0 Å². The first-order valence-electron chi connectivity index (χ1n) is 7.29. The molecule has 0 saturated carbocycles. The third-order valence-electron chi connectivity index (χ3n) is 3.55. The van der Waals surface area contributed by atoms with E-state index < -0.39 is 22.8 Å². The topological polar surface area (TPSA) is 122 Å². The Morgan fingerprint density at radius 1 is 1.12 bits per heavy atom. The lowest BCUT2D eigenvalue weighted by molar-refractivity contribution is -0.384. The molecule has 0 aromatic heterocycles. The number of hydrogen-bond acceptors (Lipinski definition) is 6. The third-order valence-corrected chi connectivity index (χ3v) is 3.55. The number of barbiturate groups is 1. The number of anilines is 1. The summed E-state index contributed by atoms with van der Waals surface area (Å²) < 4.78 is 0. The molecule has 9 heteroatoms. The van der Waals surface area contributed by atoms with Gasteiger partial charge in [0, 0.05) is 19.2 Å². The lowest BCUT2D eigenvalue weighted by Crippen LogP contribution is -2.51.